The molecule has 0 saturated carbocycles. The van der Waals surface area contributed by atoms with Gasteiger partial charge >= 0.3 is 0 Å². The first-order chi connectivity index (χ1) is 11.3. The quantitative estimate of drug-likeness (QED) is 0.282. The van der Waals surface area contributed by atoms with E-state index in [2.05, 4.69) is 50.2 Å². The molecule has 1 nitrogen and oxygen atoms in total. The third-order valence-corrected chi connectivity index (χ3v) is 5.00. The summed E-state index contributed by atoms with van der Waals surface area (Å²) in [7, 11) is 0. The Morgan fingerprint density at radius 2 is 1.61 bits per heavy atom. The number of unbranched alkanes of at least 4 members (excludes halogenated alkanes) is 2. The Kier molecular flexibility index (Phi) is 3.72. The Labute approximate surface area is 138 Å². The van der Waals surface area contributed by atoms with Gasteiger partial charge in [-0.3, -0.25) is 0 Å². The maximum atomic E-state index is 5.74. The van der Waals surface area contributed by atoms with E-state index in [4.69, 9.17) is 4.74 Å². The first-order valence-electron chi connectivity index (χ1n) is 9.01. The predicted molar refractivity (Wildman–Crippen MR) is 98.8 cm³/mol. The smallest absolute Gasteiger partial charge is 0.178 e. The van der Waals surface area contributed by atoms with Crippen LogP contribution in [0.25, 0.3) is 21.5 Å². The third kappa shape index (κ3) is 2.49. The number of aryl methyl sites for hydroxylation is 2. The summed E-state index contributed by atoms with van der Waals surface area (Å²) in [6.45, 7) is 4.54. The van der Waals surface area contributed by atoms with E-state index in [1.807, 2.05) is 0 Å². The van der Waals surface area contributed by atoms with Gasteiger partial charge in [-0.2, -0.15) is 0 Å². The molecule has 0 aliphatic carbocycles. The van der Waals surface area contributed by atoms with Crippen molar-refractivity contribution in [2.75, 3.05) is 0 Å². The topological polar surface area (TPSA) is 12.5 Å². The molecular weight excluding hydrogens is 280 g/mol. The van der Waals surface area contributed by atoms with Crippen molar-refractivity contribution in [2.24, 2.45) is 0 Å². The van der Waals surface area contributed by atoms with Crippen LogP contribution in [0.15, 0.2) is 36.4 Å². The number of benzene rings is 3. The van der Waals surface area contributed by atoms with Gasteiger partial charge in [0.25, 0.3) is 0 Å². The van der Waals surface area contributed by atoms with Crippen LogP contribution in [0.5, 0.6) is 11.5 Å². The fourth-order valence-electron chi connectivity index (χ4n) is 3.76. The van der Waals surface area contributed by atoms with Crippen molar-refractivity contribution in [1.29, 1.82) is 0 Å². The standard InChI is InChI=1S/C22H24O/c1-3-5-8-15-9-7-10-16-14-17-12-13-19-22(23-19)21(17)18(20(15)16)11-6-4-2/h7,9-10,12-14H,3-6,8,11H2,1-2H3. The lowest BCUT2D eigenvalue weighted by Gasteiger charge is -2.14. The van der Waals surface area contributed by atoms with Crippen molar-refractivity contribution in [3.63, 3.8) is 0 Å². The van der Waals surface area contributed by atoms with Crippen molar-refractivity contribution in [2.45, 2.75) is 52.4 Å². The van der Waals surface area contributed by atoms with Gasteiger partial charge in [0, 0.05) is 5.39 Å². The predicted octanol–water partition coefficient (Wildman–Crippen LogP) is 6.78. The van der Waals surface area contributed by atoms with Gasteiger partial charge in [0.2, 0.25) is 0 Å². The molecule has 4 rings (SSSR count). The first kappa shape index (κ1) is 14.6. The molecule has 0 spiro atoms. The van der Waals surface area contributed by atoms with Crippen molar-refractivity contribution >= 4 is 21.5 Å². The second kappa shape index (κ2) is 5.88. The van der Waals surface area contributed by atoms with Crippen LogP contribution >= 0.6 is 0 Å². The molecule has 3 aromatic carbocycles. The van der Waals surface area contributed by atoms with E-state index in [1.54, 1.807) is 0 Å². The minimum absolute atomic E-state index is 1.07. The Hall–Kier alpha value is -2.02. The van der Waals surface area contributed by atoms with Crippen molar-refractivity contribution < 1.29 is 4.74 Å². The highest BCUT2D eigenvalue weighted by molar-refractivity contribution is 6.08. The molecule has 1 heterocycles. The molecule has 118 valence electrons. The van der Waals surface area contributed by atoms with E-state index >= 15 is 0 Å². The summed E-state index contributed by atoms with van der Waals surface area (Å²) in [5.41, 5.74) is 3.02. The molecule has 1 heteroatoms. The Morgan fingerprint density at radius 1 is 0.826 bits per heavy atom. The Bertz CT molecular complexity index is 876. The normalized spacial score (nSPS) is 12.4. The molecule has 0 aromatic heterocycles. The monoisotopic (exact) mass is 304 g/mol. The lowest BCUT2D eigenvalue weighted by molar-refractivity contribution is 0.653. The van der Waals surface area contributed by atoms with Crippen LogP contribution < -0.4 is 4.74 Å². The van der Waals surface area contributed by atoms with Crippen molar-refractivity contribution in [1.82, 2.24) is 0 Å². The summed E-state index contributed by atoms with van der Waals surface area (Å²) >= 11 is 0. The van der Waals surface area contributed by atoms with E-state index in [0.29, 0.717) is 0 Å². The molecule has 0 unspecified atom stereocenters. The fraction of sp³-hybridized carbons (Fsp3) is 0.364. The fourth-order valence-corrected chi connectivity index (χ4v) is 3.76. The average molecular weight is 304 g/mol. The summed E-state index contributed by atoms with van der Waals surface area (Å²) in [6, 6.07) is 13.5. The van der Waals surface area contributed by atoms with Gasteiger partial charge in [-0.15, -0.1) is 0 Å². The van der Waals surface area contributed by atoms with Crippen LogP contribution in [0.3, 0.4) is 0 Å². The third-order valence-electron chi connectivity index (χ3n) is 5.00. The highest BCUT2D eigenvalue weighted by atomic mass is 16.6. The summed E-state index contributed by atoms with van der Waals surface area (Å²) < 4.78 is 5.74. The van der Waals surface area contributed by atoms with Crippen LogP contribution in [0.1, 0.15) is 50.7 Å². The van der Waals surface area contributed by atoms with Crippen LogP contribution in [0, 0.1) is 0 Å². The van der Waals surface area contributed by atoms with Crippen LogP contribution in [0.2, 0.25) is 0 Å². The lowest BCUT2D eigenvalue weighted by Crippen LogP contribution is -1.95. The highest BCUT2D eigenvalue weighted by Gasteiger charge is 2.26. The minimum atomic E-state index is 1.07. The van der Waals surface area contributed by atoms with E-state index in [9.17, 15) is 0 Å². The minimum Gasteiger partial charge on any atom is -0.449 e. The number of rotatable bonds is 6. The van der Waals surface area contributed by atoms with E-state index in [1.165, 1.54) is 64.8 Å². The lowest BCUT2D eigenvalue weighted by atomic mass is 9.89. The Balaban J connectivity index is 2.01. The zero-order chi connectivity index (χ0) is 15.8. The molecule has 0 amide bonds. The molecular formula is C22H24O. The van der Waals surface area contributed by atoms with E-state index in [0.717, 1.165) is 17.9 Å². The van der Waals surface area contributed by atoms with Crippen LogP contribution in [-0.4, -0.2) is 0 Å². The van der Waals surface area contributed by atoms with Gasteiger partial charge < -0.3 is 4.74 Å². The molecule has 1 aliphatic heterocycles. The maximum absolute atomic E-state index is 5.74. The molecule has 0 radical (unpaired) electrons. The molecule has 23 heavy (non-hydrogen) atoms. The summed E-state index contributed by atoms with van der Waals surface area (Å²) in [6.07, 6.45) is 7.28. The number of ether oxygens (including phenoxy) is 1. The highest BCUT2D eigenvalue weighted by Crippen LogP contribution is 2.53. The molecule has 0 fully saturated rings. The van der Waals surface area contributed by atoms with E-state index in [-0.39, 0.29) is 0 Å². The molecule has 0 saturated heterocycles. The van der Waals surface area contributed by atoms with Crippen LogP contribution in [0.4, 0.5) is 0 Å². The number of hydrogen-bond donors (Lipinski definition) is 0. The summed E-state index contributed by atoms with van der Waals surface area (Å²) in [4.78, 5) is 0. The molecule has 0 N–H and O–H groups in total. The molecule has 1 aliphatic rings. The van der Waals surface area contributed by atoms with Gasteiger partial charge in [0.05, 0.1) is 0 Å². The number of hydrogen-bond acceptors (Lipinski definition) is 1. The van der Waals surface area contributed by atoms with Gasteiger partial charge in [-0.1, -0.05) is 51.0 Å². The molecule has 0 bridgehead atoms. The van der Waals surface area contributed by atoms with Crippen LogP contribution in [-0.2, 0) is 12.8 Å². The van der Waals surface area contributed by atoms with Crippen molar-refractivity contribution in [3.05, 3.63) is 47.5 Å². The molecule has 3 aromatic rings. The van der Waals surface area contributed by atoms with Gasteiger partial charge in [0.1, 0.15) is 0 Å². The van der Waals surface area contributed by atoms with Crippen molar-refractivity contribution in [3.8, 4) is 11.5 Å². The SMILES string of the molecule is CCCCc1cccc2cc3ccc4c(c3c(CCCC)c12)O4. The largest absolute Gasteiger partial charge is 0.449 e. The second-order valence-corrected chi connectivity index (χ2v) is 6.67. The summed E-state index contributed by atoms with van der Waals surface area (Å²) in [5, 5.41) is 5.57. The summed E-state index contributed by atoms with van der Waals surface area (Å²) in [5.74, 6) is 2.20. The average Bonchev–Trinajstić information content (AvgIpc) is 3.36. The number of fused-ring (bicyclic) bond motifs is 4. The zero-order valence-corrected chi connectivity index (χ0v) is 14.1. The van der Waals surface area contributed by atoms with Gasteiger partial charge in [0.15, 0.2) is 11.5 Å². The van der Waals surface area contributed by atoms with Gasteiger partial charge in [-0.25, -0.2) is 0 Å². The zero-order valence-electron chi connectivity index (χ0n) is 14.1. The van der Waals surface area contributed by atoms with Gasteiger partial charge in [-0.05, 0) is 65.1 Å². The second-order valence-electron chi connectivity index (χ2n) is 6.67. The van der Waals surface area contributed by atoms with E-state index < -0.39 is 0 Å². The molecule has 0 atom stereocenters. The first-order valence-corrected chi connectivity index (χ1v) is 9.01. The Morgan fingerprint density at radius 3 is 2.43 bits per heavy atom. The maximum Gasteiger partial charge on any atom is 0.178 e.